The average molecular weight is 548 g/mol. The van der Waals surface area contributed by atoms with E-state index in [1.54, 1.807) is 40.3 Å². The van der Waals surface area contributed by atoms with E-state index in [9.17, 15) is 14.4 Å². The summed E-state index contributed by atoms with van der Waals surface area (Å²) in [6.07, 6.45) is 1.76. The number of Topliss-reactive ketones (excluding diaryl/α,β-unsaturated/α-hetero) is 1. The normalized spacial score (nSPS) is 15.9. The van der Waals surface area contributed by atoms with Gasteiger partial charge in [-0.15, -0.1) is 0 Å². The molecule has 1 fully saturated rings. The second-order valence-corrected chi connectivity index (χ2v) is 12.1. The molecule has 1 aliphatic heterocycles. The molecule has 1 aromatic carbocycles. The highest BCUT2D eigenvalue weighted by atomic mass is 32.2. The number of rotatable bonds is 8. The van der Waals surface area contributed by atoms with Gasteiger partial charge in [-0.2, -0.15) is 0 Å². The molecule has 192 valence electrons. The maximum atomic E-state index is 13.6. The van der Waals surface area contributed by atoms with Crippen molar-refractivity contribution in [2.24, 2.45) is 5.41 Å². The quantitative estimate of drug-likeness (QED) is 0.168. The van der Waals surface area contributed by atoms with E-state index in [4.69, 9.17) is 26.7 Å². The molecule has 1 saturated heterocycles. The summed E-state index contributed by atoms with van der Waals surface area (Å²) in [6.45, 7) is 8.74. The first-order chi connectivity index (χ1) is 17.1. The molecule has 8 nitrogen and oxygen atoms in total. The number of thioether (sulfide) groups is 1. The minimum atomic E-state index is -0.493. The maximum Gasteiger partial charge on any atom is 0.338 e. The van der Waals surface area contributed by atoms with Crippen molar-refractivity contribution in [3.8, 4) is 5.69 Å². The fraction of sp³-hybridized carbons (Fsp3) is 0.480. The van der Waals surface area contributed by atoms with Crippen LogP contribution in [-0.2, 0) is 20.8 Å². The SMILES string of the molecule is CCOC(=O)c1ccc(-n2c(=S)sc3c(=O)n(C[C@H]4CCCO4)c(SCC(=O)C(C)(C)C)nc32)cc1. The summed E-state index contributed by atoms with van der Waals surface area (Å²) in [5.74, 6) is -0.131. The van der Waals surface area contributed by atoms with Gasteiger partial charge in [-0.3, -0.25) is 18.7 Å². The van der Waals surface area contributed by atoms with Crippen LogP contribution in [0.3, 0.4) is 0 Å². The largest absolute Gasteiger partial charge is 0.462 e. The smallest absolute Gasteiger partial charge is 0.338 e. The molecule has 1 atom stereocenters. The third kappa shape index (κ3) is 5.64. The molecule has 2 aromatic heterocycles. The van der Waals surface area contributed by atoms with Crippen molar-refractivity contribution >= 4 is 57.4 Å². The van der Waals surface area contributed by atoms with Crippen LogP contribution in [0, 0.1) is 9.37 Å². The molecule has 0 aliphatic carbocycles. The molecular formula is C25H29N3O5S3. The Kier molecular flexibility index (Phi) is 8.13. The number of hydrogen-bond donors (Lipinski definition) is 0. The molecule has 11 heteroatoms. The number of thiazole rings is 1. The first kappa shape index (κ1) is 26.7. The van der Waals surface area contributed by atoms with Crippen LogP contribution >= 0.6 is 35.3 Å². The summed E-state index contributed by atoms with van der Waals surface area (Å²) in [5, 5.41) is 0.463. The van der Waals surface area contributed by atoms with E-state index in [0.717, 1.165) is 12.8 Å². The molecule has 0 amide bonds. The van der Waals surface area contributed by atoms with E-state index >= 15 is 0 Å². The number of ketones is 1. The monoisotopic (exact) mass is 547 g/mol. The number of esters is 1. The Morgan fingerprint density at radius 2 is 2.00 bits per heavy atom. The lowest BCUT2D eigenvalue weighted by Gasteiger charge is -2.18. The second kappa shape index (κ2) is 11.0. The van der Waals surface area contributed by atoms with Crippen molar-refractivity contribution in [3.63, 3.8) is 0 Å². The number of fused-ring (bicyclic) bond motifs is 1. The van der Waals surface area contributed by atoms with Crippen LogP contribution < -0.4 is 5.56 Å². The molecule has 3 heterocycles. The zero-order valence-electron chi connectivity index (χ0n) is 20.7. The predicted octanol–water partition coefficient (Wildman–Crippen LogP) is 5.04. The lowest BCUT2D eigenvalue weighted by Crippen LogP contribution is -2.29. The summed E-state index contributed by atoms with van der Waals surface area (Å²) >= 11 is 8.09. The first-order valence-electron chi connectivity index (χ1n) is 11.8. The topological polar surface area (TPSA) is 92.4 Å². The van der Waals surface area contributed by atoms with Gasteiger partial charge >= 0.3 is 5.97 Å². The number of aromatic nitrogens is 3. The molecule has 0 bridgehead atoms. The molecule has 0 N–H and O–H groups in total. The Hall–Kier alpha value is -2.34. The standard InChI is InChI=1S/C25H29N3O5S3/c1-5-32-22(31)15-8-10-16(11-9-15)28-20-19(36-24(28)34)21(30)27(13-17-7-6-12-33-17)23(26-20)35-14-18(29)25(2,3)4/h8-11,17H,5-7,12-14H2,1-4H3/t17-/m1/s1. The molecule has 0 saturated carbocycles. The van der Waals surface area contributed by atoms with Crippen LogP contribution in [-0.4, -0.2) is 50.9 Å². The summed E-state index contributed by atoms with van der Waals surface area (Å²) in [6, 6.07) is 6.83. The number of hydrogen-bond acceptors (Lipinski definition) is 9. The van der Waals surface area contributed by atoms with E-state index in [2.05, 4.69) is 0 Å². The van der Waals surface area contributed by atoms with Crippen molar-refractivity contribution < 1.29 is 19.1 Å². The fourth-order valence-electron chi connectivity index (χ4n) is 3.77. The molecule has 0 spiro atoms. The van der Waals surface area contributed by atoms with Crippen molar-refractivity contribution in [3.05, 3.63) is 44.1 Å². The van der Waals surface area contributed by atoms with Gasteiger partial charge in [-0.05, 0) is 56.2 Å². The van der Waals surface area contributed by atoms with Crippen molar-refractivity contribution in [1.29, 1.82) is 0 Å². The van der Waals surface area contributed by atoms with Crippen LogP contribution in [0.25, 0.3) is 16.0 Å². The third-order valence-electron chi connectivity index (χ3n) is 5.87. The molecule has 1 aliphatic rings. The van der Waals surface area contributed by atoms with Crippen LogP contribution in [0.15, 0.2) is 34.2 Å². The van der Waals surface area contributed by atoms with E-state index in [0.29, 0.717) is 50.5 Å². The average Bonchev–Trinajstić information content (AvgIpc) is 3.46. The minimum Gasteiger partial charge on any atom is -0.462 e. The van der Waals surface area contributed by atoms with Gasteiger partial charge in [0.25, 0.3) is 5.56 Å². The second-order valence-electron chi connectivity index (χ2n) is 9.53. The summed E-state index contributed by atoms with van der Waals surface area (Å²) in [4.78, 5) is 43.2. The highest BCUT2D eigenvalue weighted by Crippen LogP contribution is 2.28. The van der Waals surface area contributed by atoms with Crippen molar-refractivity contribution in [2.45, 2.75) is 58.3 Å². The third-order valence-corrected chi connectivity index (χ3v) is 8.20. The van der Waals surface area contributed by atoms with Gasteiger partial charge in [0.15, 0.2) is 14.8 Å². The Balaban J connectivity index is 1.79. The van der Waals surface area contributed by atoms with Crippen LogP contribution in [0.4, 0.5) is 0 Å². The lowest BCUT2D eigenvalue weighted by molar-refractivity contribution is -0.123. The fourth-order valence-corrected chi connectivity index (χ4v) is 6.25. The lowest BCUT2D eigenvalue weighted by atomic mass is 9.92. The number of benzene rings is 1. The van der Waals surface area contributed by atoms with E-state index < -0.39 is 11.4 Å². The summed E-state index contributed by atoms with van der Waals surface area (Å²) in [7, 11) is 0. The highest BCUT2D eigenvalue weighted by molar-refractivity contribution is 7.99. The predicted molar refractivity (Wildman–Crippen MR) is 144 cm³/mol. The van der Waals surface area contributed by atoms with Crippen molar-refractivity contribution in [2.75, 3.05) is 19.0 Å². The zero-order valence-corrected chi connectivity index (χ0v) is 23.2. The van der Waals surface area contributed by atoms with Gasteiger partial charge < -0.3 is 9.47 Å². The molecule has 3 aromatic rings. The van der Waals surface area contributed by atoms with E-state index in [-0.39, 0.29) is 23.2 Å². The molecular weight excluding hydrogens is 518 g/mol. The highest BCUT2D eigenvalue weighted by Gasteiger charge is 2.25. The van der Waals surface area contributed by atoms with Gasteiger partial charge in [0.2, 0.25) is 0 Å². The zero-order chi connectivity index (χ0) is 26.0. The van der Waals surface area contributed by atoms with Gasteiger partial charge in [0.1, 0.15) is 10.5 Å². The number of ether oxygens (including phenoxy) is 2. The van der Waals surface area contributed by atoms with Crippen LogP contribution in [0.5, 0.6) is 0 Å². The van der Waals surface area contributed by atoms with Crippen LogP contribution in [0.2, 0.25) is 0 Å². The number of carbonyl (C=O) groups is 2. The molecule has 36 heavy (non-hydrogen) atoms. The maximum absolute atomic E-state index is 13.6. The molecule has 4 rings (SSSR count). The Morgan fingerprint density at radius 3 is 2.61 bits per heavy atom. The minimum absolute atomic E-state index is 0.0647. The Morgan fingerprint density at radius 1 is 1.28 bits per heavy atom. The molecule has 0 radical (unpaired) electrons. The van der Waals surface area contributed by atoms with Crippen molar-refractivity contribution in [1.82, 2.24) is 14.1 Å². The summed E-state index contributed by atoms with van der Waals surface area (Å²) in [5.41, 5.74) is 0.862. The number of carbonyl (C=O) groups excluding carboxylic acids is 2. The van der Waals surface area contributed by atoms with E-state index in [1.807, 2.05) is 20.8 Å². The molecule has 0 unspecified atom stereocenters. The van der Waals surface area contributed by atoms with Crippen LogP contribution in [0.1, 0.15) is 50.9 Å². The number of nitrogens with zero attached hydrogens (tertiary/aromatic N) is 3. The van der Waals surface area contributed by atoms with Gasteiger partial charge in [0.05, 0.1) is 30.6 Å². The summed E-state index contributed by atoms with van der Waals surface area (Å²) < 4.78 is 15.1. The Bertz CT molecular complexity index is 1390. The van der Waals surface area contributed by atoms with Gasteiger partial charge in [-0.25, -0.2) is 9.78 Å². The van der Waals surface area contributed by atoms with Gasteiger partial charge in [-0.1, -0.05) is 43.9 Å². The van der Waals surface area contributed by atoms with Gasteiger partial charge in [0, 0.05) is 17.7 Å². The first-order valence-corrected chi connectivity index (χ1v) is 14.0. The Labute approximate surface area is 222 Å². The van der Waals surface area contributed by atoms with E-state index in [1.165, 1.54) is 23.1 Å².